The van der Waals surface area contributed by atoms with Crippen molar-refractivity contribution >= 4 is 15.9 Å². The maximum atomic E-state index is 12.4. The van der Waals surface area contributed by atoms with E-state index in [4.69, 9.17) is 0 Å². The van der Waals surface area contributed by atoms with Gasteiger partial charge in [-0.2, -0.15) is 0 Å². The fourth-order valence-corrected chi connectivity index (χ4v) is 2.96. The van der Waals surface area contributed by atoms with Gasteiger partial charge in [0.2, 0.25) is 0 Å². The Morgan fingerprint density at radius 2 is 2.05 bits per heavy atom. The van der Waals surface area contributed by atoms with Gasteiger partial charge in [-0.15, -0.1) is 0 Å². The van der Waals surface area contributed by atoms with Crippen LogP contribution in [0.3, 0.4) is 0 Å². The summed E-state index contributed by atoms with van der Waals surface area (Å²) in [6.07, 6.45) is 4.71. The predicted octanol–water partition coefficient (Wildman–Crippen LogP) is 3.06. The van der Waals surface area contributed by atoms with E-state index in [2.05, 4.69) is 15.9 Å². The van der Waals surface area contributed by atoms with Gasteiger partial charge in [0, 0.05) is 21.4 Å². The lowest BCUT2D eigenvalue weighted by molar-refractivity contribution is -0.506. The van der Waals surface area contributed by atoms with Crippen molar-refractivity contribution in [2.75, 3.05) is 0 Å². The average molecular weight is 321 g/mol. The molecule has 0 spiro atoms. The summed E-state index contributed by atoms with van der Waals surface area (Å²) < 4.78 is 2.67. The lowest BCUT2D eigenvalue weighted by atomic mass is 10.00. The van der Waals surface area contributed by atoms with Crippen LogP contribution in [0.2, 0.25) is 0 Å². The summed E-state index contributed by atoms with van der Waals surface area (Å²) in [5.74, 6) is 0. The van der Waals surface area contributed by atoms with E-state index in [1.54, 1.807) is 0 Å². The number of rotatable bonds is 1. The summed E-state index contributed by atoms with van der Waals surface area (Å²) in [5, 5.41) is 12.4. The van der Waals surface area contributed by atoms with Gasteiger partial charge in [0.15, 0.2) is 0 Å². The standard InChI is InChI=1S/C14H13BrN2O2/c15-11-5-3-4-10(8-11)14-9-16(18)12-6-1-2-7-13(12)17(14)19/h3-5,8-9H,1-2,6-7H2. The summed E-state index contributed by atoms with van der Waals surface area (Å²) in [5.41, 5.74) is 2.41. The second-order valence-electron chi connectivity index (χ2n) is 4.75. The zero-order chi connectivity index (χ0) is 13.4. The van der Waals surface area contributed by atoms with E-state index in [9.17, 15) is 10.1 Å². The molecule has 0 radical (unpaired) electrons. The summed E-state index contributed by atoms with van der Waals surface area (Å²) in [6.45, 7) is 0. The van der Waals surface area contributed by atoms with Gasteiger partial charge >= 0.3 is 0 Å². The number of hydrogen-bond acceptors (Lipinski definition) is 2. The van der Waals surface area contributed by atoms with Crippen LogP contribution in [0.15, 0.2) is 34.9 Å². The number of nitrogens with zero attached hydrogens (tertiary/aromatic N) is 2. The summed E-state index contributed by atoms with van der Waals surface area (Å²) in [6, 6.07) is 7.43. The Labute approximate surface area is 119 Å². The highest BCUT2D eigenvalue weighted by Gasteiger charge is 2.23. The molecular weight excluding hydrogens is 308 g/mol. The Balaban J connectivity index is 2.23. The van der Waals surface area contributed by atoms with Gasteiger partial charge in [0.25, 0.3) is 11.9 Å². The molecule has 1 aliphatic rings. The molecule has 0 N–H and O–H groups in total. The monoisotopic (exact) mass is 320 g/mol. The first kappa shape index (κ1) is 12.4. The number of fused-ring (bicyclic) bond motifs is 1. The molecule has 0 fully saturated rings. The van der Waals surface area contributed by atoms with Crippen LogP contribution in [0.25, 0.3) is 11.3 Å². The second kappa shape index (κ2) is 4.81. The highest BCUT2D eigenvalue weighted by atomic mass is 79.9. The molecule has 0 saturated heterocycles. The normalized spacial score (nSPS) is 14.2. The first-order valence-electron chi connectivity index (χ1n) is 6.30. The zero-order valence-corrected chi connectivity index (χ0v) is 11.9. The van der Waals surface area contributed by atoms with Crippen molar-refractivity contribution in [2.24, 2.45) is 0 Å². The first-order valence-corrected chi connectivity index (χ1v) is 7.09. The van der Waals surface area contributed by atoms with Crippen LogP contribution in [-0.2, 0) is 12.8 Å². The molecule has 1 heterocycles. The van der Waals surface area contributed by atoms with E-state index in [0.29, 0.717) is 29.9 Å². The molecule has 0 amide bonds. The molecule has 0 unspecified atom stereocenters. The average Bonchev–Trinajstić information content (AvgIpc) is 2.43. The minimum absolute atomic E-state index is 0.414. The molecule has 19 heavy (non-hydrogen) atoms. The van der Waals surface area contributed by atoms with E-state index in [1.165, 1.54) is 6.20 Å². The maximum absolute atomic E-state index is 12.4. The van der Waals surface area contributed by atoms with E-state index < -0.39 is 0 Å². The highest BCUT2D eigenvalue weighted by molar-refractivity contribution is 9.10. The number of benzene rings is 1. The lowest BCUT2D eigenvalue weighted by Crippen LogP contribution is -2.29. The van der Waals surface area contributed by atoms with Crippen molar-refractivity contribution in [1.29, 1.82) is 0 Å². The van der Waals surface area contributed by atoms with Gasteiger partial charge in [-0.1, -0.05) is 28.1 Å². The largest absolute Gasteiger partial charge is 0.805 e. The first-order chi connectivity index (χ1) is 9.16. The van der Waals surface area contributed by atoms with Crippen LogP contribution in [0, 0.1) is 10.1 Å². The third-order valence-electron chi connectivity index (χ3n) is 3.50. The van der Waals surface area contributed by atoms with Crippen molar-refractivity contribution < 1.29 is 4.43 Å². The molecule has 0 atom stereocenters. The quantitative estimate of drug-likeness (QED) is 0.758. The topological polar surface area (TPSA) is 51.0 Å². The Morgan fingerprint density at radius 1 is 1.26 bits per heavy atom. The summed E-state index contributed by atoms with van der Waals surface area (Å²) >= 11 is 3.38. The van der Waals surface area contributed by atoms with Crippen molar-refractivity contribution in [3.8, 4) is 11.3 Å². The van der Waals surface area contributed by atoms with Crippen molar-refractivity contribution in [2.45, 2.75) is 25.7 Å². The molecule has 5 heteroatoms. The summed E-state index contributed by atoms with van der Waals surface area (Å²) in [4.78, 5) is 12.0. The second-order valence-corrected chi connectivity index (χ2v) is 5.66. The smallest absolute Gasteiger partial charge is 0.258 e. The molecule has 0 aliphatic heterocycles. The van der Waals surface area contributed by atoms with Crippen molar-refractivity contribution in [1.82, 2.24) is 4.73 Å². The Morgan fingerprint density at radius 3 is 2.84 bits per heavy atom. The maximum Gasteiger partial charge on any atom is 0.258 e. The van der Waals surface area contributed by atoms with E-state index in [0.717, 1.165) is 32.0 Å². The molecule has 1 aliphatic carbocycles. The van der Waals surface area contributed by atoms with Crippen LogP contribution in [0.1, 0.15) is 24.2 Å². The third kappa shape index (κ3) is 2.18. The van der Waals surface area contributed by atoms with E-state index in [1.807, 2.05) is 24.3 Å². The van der Waals surface area contributed by atoms with Crippen LogP contribution in [0.4, 0.5) is 0 Å². The van der Waals surface area contributed by atoms with Gasteiger partial charge in [0.05, 0.1) is 10.1 Å². The zero-order valence-electron chi connectivity index (χ0n) is 10.3. The molecule has 4 nitrogen and oxygen atoms in total. The van der Waals surface area contributed by atoms with Gasteiger partial charge in [-0.3, -0.25) is 0 Å². The van der Waals surface area contributed by atoms with Crippen LogP contribution < -0.4 is 4.43 Å². The van der Waals surface area contributed by atoms with Gasteiger partial charge in [-0.05, 0) is 31.4 Å². The SMILES string of the molecule is O=[n+]1cc(-c2cccc(Br)c2)n([O-])c2c1CCCC2. The number of aromatic nitrogens is 2. The van der Waals surface area contributed by atoms with Gasteiger partial charge in [0.1, 0.15) is 5.69 Å². The van der Waals surface area contributed by atoms with Crippen LogP contribution in [0.5, 0.6) is 0 Å². The van der Waals surface area contributed by atoms with Crippen molar-refractivity contribution in [3.05, 3.63) is 56.4 Å². The van der Waals surface area contributed by atoms with Crippen LogP contribution in [-0.4, -0.2) is 4.73 Å². The Hall–Kier alpha value is -1.62. The number of hydrogen-bond donors (Lipinski definition) is 0. The lowest BCUT2D eigenvalue weighted by Gasteiger charge is -2.23. The molecule has 1 aromatic carbocycles. The number of halogens is 1. The fourth-order valence-electron chi connectivity index (χ4n) is 2.56. The molecule has 3 rings (SSSR count). The molecule has 98 valence electrons. The minimum atomic E-state index is 0.414. The minimum Gasteiger partial charge on any atom is -0.805 e. The van der Waals surface area contributed by atoms with Crippen molar-refractivity contribution in [3.63, 3.8) is 0 Å². The molecule has 0 bridgehead atoms. The third-order valence-corrected chi connectivity index (χ3v) is 3.99. The van der Waals surface area contributed by atoms with Gasteiger partial charge in [-0.25, -0.2) is 0 Å². The Bertz CT molecular complexity index is 694. The van der Waals surface area contributed by atoms with E-state index in [-0.39, 0.29) is 0 Å². The predicted molar refractivity (Wildman–Crippen MR) is 76.3 cm³/mol. The fraction of sp³-hybridized carbons (Fsp3) is 0.286. The highest BCUT2D eigenvalue weighted by Crippen LogP contribution is 2.25. The Kier molecular flexibility index (Phi) is 3.14. The molecule has 1 aromatic heterocycles. The van der Waals surface area contributed by atoms with E-state index >= 15 is 0 Å². The molecular formula is C14H13BrN2O2. The van der Waals surface area contributed by atoms with Crippen LogP contribution >= 0.6 is 15.9 Å². The molecule has 0 saturated carbocycles. The summed E-state index contributed by atoms with van der Waals surface area (Å²) in [7, 11) is 0. The van der Waals surface area contributed by atoms with Gasteiger partial charge < -0.3 is 9.94 Å². The molecule has 2 aromatic rings.